The summed E-state index contributed by atoms with van der Waals surface area (Å²) in [5.74, 6) is -0.348. The van der Waals surface area contributed by atoms with Crippen LogP contribution in [-0.2, 0) is 14.4 Å². The molecule has 0 bridgehead atoms. The standard InChI is InChI=1S/C15H26N2O4S/c1-3-5-7-11(15(20)21)16-14(19)12-9-22-10-17(12)13(18)8-6-4-2/h11-12H,3-10H2,1-2H3,(H,16,19)(H,20,21)/t11-,12?/m0/s1. The Hall–Kier alpha value is -1.24. The van der Waals surface area contributed by atoms with Gasteiger partial charge in [0.05, 0.1) is 5.88 Å². The van der Waals surface area contributed by atoms with Gasteiger partial charge in [-0.1, -0.05) is 33.1 Å². The number of hydrogen-bond acceptors (Lipinski definition) is 4. The maximum absolute atomic E-state index is 12.3. The molecule has 6 nitrogen and oxygen atoms in total. The number of carboxylic acids is 1. The first kappa shape index (κ1) is 18.8. The van der Waals surface area contributed by atoms with Crippen LogP contribution in [0.5, 0.6) is 0 Å². The van der Waals surface area contributed by atoms with E-state index in [2.05, 4.69) is 5.32 Å². The van der Waals surface area contributed by atoms with E-state index in [-0.39, 0.29) is 11.8 Å². The van der Waals surface area contributed by atoms with Crippen LogP contribution < -0.4 is 5.32 Å². The van der Waals surface area contributed by atoms with E-state index >= 15 is 0 Å². The predicted octanol–water partition coefficient (Wildman–Crippen LogP) is 1.84. The van der Waals surface area contributed by atoms with E-state index in [1.165, 1.54) is 11.8 Å². The highest BCUT2D eigenvalue weighted by molar-refractivity contribution is 7.99. The first-order valence-electron chi connectivity index (χ1n) is 7.91. The lowest BCUT2D eigenvalue weighted by atomic mass is 10.1. The molecule has 2 atom stereocenters. The molecule has 0 saturated carbocycles. The Morgan fingerprint density at radius 1 is 1.27 bits per heavy atom. The minimum atomic E-state index is -1.02. The summed E-state index contributed by atoms with van der Waals surface area (Å²) < 4.78 is 0. The fraction of sp³-hybridized carbons (Fsp3) is 0.800. The van der Waals surface area contributed by atoms with E-state index < -0.39 is 18.1 Å². The van der Waals surface area contributed by atoms with E-state index in [1.807, 2.05) is 13.8 Å². The van der Waals surface area contributed by atoms with Gasteiger partial charge in [-0.25, -0.2) is 4.79 Å². The van der Waals surface area contributed by atoms with Gasteiger partial charge >= 0.3 is 5.97 Å². The molecule has 0 aliphatic carbocycles. The van der Waals surface area contributed by atoms with Crippen LogP contribution in [0.25, 0.3) is 0 Å². The van der Waals surface area contributed by atoms with Gasteiger partial charge < -0.3 is 15.3 Å². The molecule has 1 aliphatic heterocycles. The third-order valence-corrected chi connectivity index (χ3v) is 4.72. The fourth-order valence-electron chi connectivity index (χ4n) is 2.31. The normalized spacial score (nSPS) is 19.0. The smallest absolute Gasteiger partial charge is 0.326 e. The van der Waals surface area contributed by atoms with Crippen LogP contribution in [0.2, 0.25) is 0 Å². The maximum Gasteiger partial charge on any atom is 0.326 e. The number of amides is 2. The van der Waals surface area contributed by atoms with Crippen molar-refractivity contribution in [3.05, 3.63) is 0 Å². The number of carbonyl (C=O) groups excluding carboxylic acids is 2. The van der Waals surface area contributed by atoms with Gasteiger partial charge in [0.15, 0.2) is 0 Å². The van der Waals surface area contributed by atoms with Crippen molar-refractivity contribution in [1.82, 2.24) is 10.2 Å². The molecule has 2 N–H and O–H groups in total. The number of rotatable bonds is 9. The Morgan fingerprint density at radius 3 is 2.55 bits per heavy atom. The van der Waals surface area contributed by atoms with Crippen molar-refractivity contribution in [2.24, 2.45) is 0 Å². The summed E-state index contributed by atoms with van der Waals surface area (Å²) in [6.07, 6.45) is 4.22. The average Bonchev–Trinajstić information content (AvgIpc) is 2.98. The summed E-state index contributed by atoms with van der Waals surface area (Å²) in [6, 6.07) is -1.41. The van der Waals surface area contributed by atoms with Crippen molar-refractivity contribution >= 4 is 29.5 Å². The molecule has 1 unspecified atom stereocenters. The van der Waals surface area contributed by atoms with Gasteiger partial charge in [0.25, 0.3) is 0 Å². The summed E-state index contributed by atoms with van der Waals surface area (Å²) in [4.78, 5) is 37.2. The lowest BCUT2D eigenvalue weighted by Crippen LogP contribution is -2.51. The van der Waals surface area contributed by atoms with Gasteiger partial charge in [-0.15, -0.1) is 11.8 Å². The minimum Gasteiger partial charge on any atom is -0.480 e. The second-order valence-electron chi connectivity index (χ2n) is 5.52. The van der Waals surface area contributed by atoms with Gasteiger partial charge in [0.1, 0.15) is 12.1 Å². The van der Waals surface area contributed by atoms with Crippen LogP contribution in [0.15, 0.2) is 0 Å². The summed E-state index contributed by atoms with van der Waals surface area (Å²) in [5.41, 5.74) is 0. The van der Waals surface area contributed by atoms with Gasteiger partial charge in [-0.2, -0.15) is 0 Å². The van der Waals surface area contributed by atoms with Crippen molar-refractivity contribution in [2.75, 3.05) is 11.6 Å². The third-order valence-electron chi connectivity index (χ3n) is 3.71. The number of nitrogens with zero attached hydrogens (tertiary/aromatic N) is 1. The molecule has 0 radical (unpaired) electrons. The highest BCUT2D eigenvalue weighted by atomic mass is 32.2. The number of aliphatic carboxylic acids is 1. The Kier molecular flexibility index (Phi) is 8.30. The first-order valence-corrected chi connectivity index (χ1v) is 9.07. The Morgan fingerprint density at radius 2 is 1.95 bits per heavy atom. The lowest BCUT2D eigenvalue weighted by molar-refractivity contribution is -0.143. The van der Waals surface area contributed by atoms with Crippen LogP contribution in [0, 0.1) is 0 Å². The van der Waals surface area contributed by atoms with Crippen LogP contribution in [0.4, 0.5) is 0 Å². The van der Waals surface area contributed by atoms with Gasteiger partial charge in [-0.05, 0) is 12.8 Å². The molecule has 1 saturated heterocycles. The second kappa shape index (κ2) is 9.71. The van der Waals surface area contributed by atoms with Crippen molar-refractivity contribution in [3.63, 3.8) is 0 Å². The molecular weight excluding hydrogens is 304 g/mol. The molecule has 0 aromatic rings. The second-order valence-corrected chi connectivity index (χ2v) is 6.52. The number of carbonyl (C=O) groups is 3. The zero-order valence-corrected chi connectivity index (χ0v) is 14.2. The number of thioether (sulfide) groups is 1. The monoisotopic (exact) mass is 330 g/mol. The summed E-state index contributed by atoms with van der Waals surface area (Å²) in [5, 5.41) is 11.8. The van der Waals surface area contributed by atoms with Crippen molar-refractivity contribution in [2.45, 2.75) is 64.5 Å². The van der Waals surface area contributed by atoms with Crippen LogP contribution in [0.3, 0.4) is 0 Å². The molecule has 22 heavy (non-hydrogen) atoms. The van der Waals surface area contributed by atoms with Gasteiger partial charge in [0, 0.05) is 12.2 Å². The Bertz CT molecular complexity index is 403. The zero-order chi connectivity index (χ0) is 16.5. The molecule has 0 aromatic carbocycles. The molecule has 2 amide bonds. The topological polar surface area (TPSA) is 86.7 Å². The molecule has 1 fully saturated rings. The molecule has 0 aromatic heterocycles. The van der Waals surface area contributed by atoms with Gasteiger partial charge in [0.2, 0.25) is 11.8 Å². The van der Waals surface area contributed by atoms with Crippen LogP contribution >= 0.6 is 11.8 Å². The molecule has 1 heterocycles. The van der Waals surface area contributed by atoms with E-state index in [0.717, 1.165) is 25.7 Å². The maximum atomic E-state index is 12.3. The quantitative estimate of drug-likeness (QED) is 0.673. The zero-order valence-electron chi connectivity index (χ0n) is 13.3. The largest absolute Gasteiger partial charge is 0.480 e. The lowest BCUT2D eigenvalue weighted by Gasteiger charge is -2.24. The summed E-state index contributed by atoms with van der Waals surface area (Å²) >= 11 is 1.53. The SMILES string of the molecule is CCCCC(=O)N1CSCC1C(=O)N[C@@H](CCCC)C(=O)O. The molecule has 126 valence electrons. The Balaban J connectivity index is 2.61. The third kappa shape index (κ3) is 5.51. The van der Waals surface area contributed by atoms with E-state index in [0.29, 0.717) is 24.5 Å². The van der Waals surface area contributed by atoms with E-state index in [9.17, 15) is 19.5 Å². The first-order chi connectivity index (χ1) is 10.5. The highest BCUT2D eigenvalue weighted by Crippen LogP contribution is 2.22. The number of hydrogen-bond donors (Lipinski definition) is 2. The molecule has 7 heteroatoms. The van der Waals surface area contributed by atoms with Crippen LogP contribution in [-0.4, -0.2) is 51.5 Å². The highest BCUT2D eigenvalue weighted by Gasteiger charge is 2.35. The van der Waals surface area contributed by atoms with Gasteiger partial charge in [-0.3, -0.25) is 9.59 Å². The Labute approximate surface area is 136 Å². The average molecular weight is 330 g/mol. The number of unbranched alkanes of at least 4 members (excludes halogenated alkanes) is 2. The number of nitrogens with one attached hydrogen (secondary N) is 1. The summed E-state index contributed by atoms with van der Waals surface area (Å²) in [7, 11) is 0. The van der Waals surface area contributed by atoms with Crippen molar-refractivity contribution < 1.29 is 19.5 Å². The van der Waals surface area contributed by atoms with Crippen molar-refractivity contribution in [3.8, 4) is 0 Å². The molecule has 1 aliphatic rings. The predicted molar refractivity (Wildman–Crippen MR) is 86.6 cm³/mol. The molecule has 0 spiro atoms. The fourth-order valence-corrected chi connectivity index (χ4v) is 3.49. The van der Waals surface area contributed by atoms with E-state index in [1.54, 1.807) is 4.90 Å². The molecular formula is C15H26N2O4S. The molecule has 1 rings (SSSR count). The van der Waals surface area contributed by atoms with Crippen LogP contribution in [0.1, 0.15) is 52.4 Å². The number of carboxylic acid groups (broad SMARTS) is 1. The minimum absolute atomic E-state index is 0.0209. The van der Waals surface area contributed by atoms with Crippen molar-refractivity contribution in [1.29, 1.82) is 0 Å². The van der Waals surface area contributed by atoms with E-state index in [4.69, 9.17) is 0 Å². The summed E-state index contributed by atoms with van der Waals surface area (Å²) in [6.45, 7) is 3.99.